The molecule has 0 amide bonds. The van der Waals surface area contributed by atoms with Crippen LogP contribution in [0, 0.1) is 0 Å². The maximum absolute atomic E-state index is 12.8. The van der Waals surface area contributed by atoms with Crippen LogP contribution in [0.5, 0.6) is 0 Å². The molecule has 61 heavy (non-hydrogen) atoms. The van der Waals surface area contributed by atoms with Crippen LogP contribution >= 0.6 is 0 Å². The van der Waals surface area contributed by atoms with Gasteiger partial charge in [0.15, 0.2) is 12.1 Å². The third kappa shape index (κ3) is 41.6. The number of nitrogens with zero attached hydrogens (tertiary/aromatic N) is 1. The molecular weight excluding hydrogens is 763 g/mol. The number of unbranched alkanes of at least 4 members (excludes halogenated alkanes) is 17. The number of carboxylic acids is 1. The molecule has 348 valence electrons. The Balaban J connectivity index is 4.36. The Morgan fingerprint density at radius 1 is 0.525 bits per heavy atom. The van der Waals surface area contributed by atoms with E-state index in [1.54, 1.807) is 0 Å². The van der Waals surface area contributed by atoms with E-state index in [0.717, 1.165) is 89.9 Å². The Bertz CT molecular complexity index is 1270. The maximum Gasteiger partial charge on any atom is 0.362 e. The minimum Gasteiger partial charge on any atom is -0.477 e. The Hall–Kier alpha value is -3.49. The lowest BCUT2D eigenvalue weighted by Gasteiger charge is -2.31. The van der Waals surface area contributed by atoms with Gasteiger partial charge in [-0.25, -0.2) is 4.79 Å². The van der Waals surface area contributed by atoms with E-state index in [9.17, 15) is 19.5 Å². The van der Waals surface area contributed by atoms with Crippen LogP contribution in [-0.4, -0.2) is 80.6 Å². The van der Waals surface area contributed by atoms with Gasteiger partial charge in [0.05, 0.1) is 34.4 Å². The van der Waals surface area contributed by atoms with Gasteiger partial charge in [-0.05, 0) is 70.6 Å². The van der Waals surface area contributed by atoms with Crippen molar-refractivity contribution >= 4 is 17.9 Å². The van der Waals surface area contributed by atoms with Gasteiger partial charge in [-0.15, -0.1) is 0 Å². The van der Waals surface area contributed by atoms with Crippen molar-refractivity contribution in [2.75, 3.05) is 41.0 Å². The predicted octanol–water partition coefficient (Wildman–Crippen LogP) is 13.7. The first-order valence-electron chi connectivity index (χ1n) is 24.2. The van der Waals surface area contributed by atoms with Gasteiger partial charge in [0.1, 0.15) is 6.61 Å². The van der Waals surface area contributed by atoms with E-state index in [0.29, 0.717) is 19.3 Å². The van der Waals surface area contributed by atoms with E-state index in [1.165, 1.54) is 57.8 Å². The van der Waals surface area contributed by atoms with Gasteiger partial charge in [-0.2, -0.15) is 0 Å². The number of likely N-dealkylation sites (N-methyl/N-ethyl adjacent to an activating group) is 1. The van der Waals surface area contributed by atoms with Crippen LogP contribution in [0.15, 0.2) is 85.1 Å². The molecule has 0 aromatic heterocycles. The molecule has 0 aliphatic rings. The fourth-order valence-corrected chi connectivity index (χ4v) is 6.65. The summed E-state index contributed by atoms with van der Waals surface area (Å²) in [6.45, 7) is 4.55. The van der Waals surface area contributed by atoms with Gasteiger partial charge < -0.3 is 23.8 Å². The van der Waals surface area contributed by atoms with Crippen LogP contribution in [0.3, 0.4) is 0 Å². The molecule has 0 aromatic carbocycles. The first-order chi connectivity index (χ1) is 29.6. The monoisotopic (exact) mass is 853 g/mol. The summed E-state index contributed by atoms with van der Waals surface area (Å²) < 4.78 is 17.3. The van der Waals surface area contributed by atoms with Gasteiger partial charge in [-0.1, -0.05) is 176 Å². The van der Waals surface area contributed by atoms with Crippen LogP contribution in [0.4, 0.5) is 0 Å². The zero-order chi connectivity index (χ0) is 44.9. The molecule has 2 atom stereocenters. The highest BCUT2D eigenvalue weighted by atomic mass is 16.6. The molecule has 0 aliphatic heterocycles. The third-order valence-corrected chi connectivity index (χ3v) is 10.4. The summed E-state index contributed by atoms with van der Waals surface area (Å²) in [7, 11) is 5.51. The van der Waals surface area contributed by atoms with E-state index < -0.39 is 18.1 Å². The van der Waals surface area contributed by atoms with Gasteiger partial charge in [-0.3, -0.25) is 9.59 Å². The van der Waals surface area contributed by atoms with Crippen LogP contribution in [0.2, 0.25) is 0 Å². The topological polar surface area (TPSA) is 99.1 Å². The molecule has 0 radical (unpaired) electrons. The number of ether oxygens (including phenoxy) is 3. The van der Waals surface area contributed by atoms with Crippen molar-refractivity contribution in [3.05, 3.63) is 85.1 Å². The molecule has 0 aromatic rings. The second kappa shape index (κ2) is 43.2. The second-order valence-corrected chi connectivity index (χ2v) is 17.1. The van der Waals surface area contributed by atoms with E-state index in [4.69, 9.17) is 14.2 Å². The Morgan fingerprint density at radius 3 is 1.51 bits per heavy atom. The lowest BCUT2D eigenvalue weighted by atomic mass is 10.1. The number of hydrogen-bond acceptors (Lipinski definition) is 6. The van der Waals surface area contributed by atoms with E-state index in [2.05, 4.69) is 98.9 Å². The van der Waals surface area contributed by atoms with Crippen molar-refractivity contribution in [3.8, 4) is 0 Å². The summed E-state index contributed by atoms with van der Waals surface area (Å²) in [4.78, 5) is 37.1. The van der Waals surface area contributed by atoms with Gasteiger partial charge in [0.2, 0.25) is 0 Å². The average molecular weight is 853 g/mol. The van der Waals surface area contributed by atoms with Crippen LogP contribution < -0.4 is 0 Å². The van der Waals surface area contributed by atoms with E-state index in [1.807, 2.05) is 21.1 Å². The first-order valence-corrected chi connectivity index (χ1v) is 24.2. The molecule has 0 heterocycles. The van der Waals surface area contributed by atoms with Gasteiger partial charge in [0, 0.05) is 19.3 Å². The predicted molar refractivity (Wildman–Crippen MR) is 256 cm³/mol. The van der Waals surface area contributed by atoms with Gasteiger partial charge in [0.25, 0.3) is 0 Å². The number of carbonyl (C=O) groups excluding carboxylic acids is 2. The minimum atomic E-state index is -0.883. The largest absolute Gasteiger partial charge is 0.477 e. The Kier molecular flexibility index (Phi) is 40.7. The standard InChI is InChI=1S/C53H89NO7/c1-6-8-10-12-14-16-18-20-22-24-26-28-29-31-33-35-37-39-41-43-51(55)60-48-49(47-59-46-45-50(53(57)58)54(3,4)5)61-52(56)44-42-40-38-36-34-32-30-27-25-23-21-19-17-15-13-11-9-7-2/h8,10,14-17,19-23,25,27,30,49-50H,6-7,9,11-13,18,24,26,28-29,31-48H2,1-5H3/p+1/b10-8+,16-14+,17-15+,21-19+,22-20+,25-23+,30-27+. The number of rotatable bonds is 42. The van der Waals surface area contributed by atoms with E-state index in [-0.39, 0.29) is 36.2 Å². The second-order valence-electron chi connectivity index (χ2n) is 17.1. The molecule has 0 saturated heterocycles. The van der Waals surface area contributed by atoms with Crippen LogP contribution in [-0.2, 0) is 28.6 Å². The highest BCUT2D eigenvalue weighted by molar-refractivity contribution is 5.72. The SMILES string of the molecule is CC/C=C/C/C=C/C/C=C/CCCCCCCCCCCC(=O)OCC(COCCC(C(=O)O)[N+](C)(C)C)OC(=O)CCCCCCC/C=C/C=C/C=C/C=C/CCCCC. The lowest BCUT2D eigenvalue weighted by Crippen LogP contribution is -2.50. The number of aliphatic carboxylic acids is 1. The molecule has 0 bridgehead atoms. The number of carbonyl (C=O) groups is 3. The van der Waals surface area contributed by atoms with Gasteiger partial charge >= 0.3 is 17.9 Å². The fraction of sp³-hybridized carbons (Fsp3) is 0.679. The summed E-state index contributed by atoms with van der Waals surface area (Å²) in [5.74, 6) is -1.51. The molecule has 8 heteroatoms. The summed E-state index contributed by atoms with van der Waals surface area (Å²) in [6, 6.07) is -0.625. The molecule has 1 N–H and O–H groups in total. The number of allylic oxidation sites excluding steroid dienone is 14. The highest BCUT2D eigenvalue weighted by Crippen LogP contribution is 2.14. The molecule has 2 unspecified atom stereocenters. The Labute approximate surface area is 373 Å². The van der Waals surface area contributed by atoms with Crippen LogP contribution in [0.1, 0.15) is 181 Å². The summed E-state index contributed by atoms with van der Waals surface area (Å²) in [6.07, 6.45) is 56.2. The molecule has 0 fully saturated rings. The highest BCUT2D eigenvalue weighted by Gasteiger charge is 2.31. The first kappa shape index (κ1) is 57.5. The summed E-state index contributed by atoms with van der Waals surface area (Å²) in [5.41, 5.74) is 0. The van der Waals surface area contributed by atoms with Crippen molar-refractivity contribution in [1.82, 2.24) is 0 Å². The minimum absolute atomic E-state index is 0.0450. The van der Waals surface area contributed by atoms with Crippen molar-refractivity contribution in [1.29, 1.82) is 0 Å². The normalized spacial score (nSPS) is 13.7. The number of quaternary nitrogens is 1. The van der Waals surface area contributed by atoms with Crippen molar-refractivity contribution in [2.45, 2.75) is 193 Å². The molecule has 8 nitrogen and oxygen atoms in total. The quantitative estimate of drug-likeness (QED) is 0.0215. The molecule has 0 rings (SSSR count). The summed E-state index contributed by atoms with van der Waals surface area (Å²) >= 11 is 0. The molecule has 0 saturated carbocycles. The molecule has 0 aliphatic carbocycles. The smallest absolute Gasteiger partial charge is 0.362 e. The van der Waals surface area contributed by atoms with Crippen molar-refractivity contribution in [3.63, 3.8) is 0 Å². The van der Waals surface area contributed by atoms with Crippen LogP contribution in [0.25, 0.3) is 0 Å². The number of hydrogen-bond donors (Lipinski definition) is 1. The zero-order valence-electron chi connectivity index (χ0n) is 39.6. The van der Waals surface area contributed by atoms with E-state index >= 15 is 0 Å². The maximum atomic E-state index is 12.8. The van der Waals surface area contributed by atoms with Crippen molar-refractivity contribution in [2.24, 2.45) is 0 Å². The molecular formula is C53H90NO7+. The third-order valence-electron chi connectivity index (χ3n) is 10.4. The molecule has 0 spiro atoms. The number of esters is 2. The summed E-state index contributed by atoms with van der Waals surface area (Å²) in [5, 5.41) is 9.64. The lowest BCUT2D eigenvalue weighted by molar-refractivity contribution is -0.887. The Morgan fingerprint density at radius 2 is 0.984 bits per heavy atom. The zero-order valence-corrected chi connectivity index (χ0v) is 39.6. The number of carboxylic acid groups (broad SMARTS) is 1. The van der Waals surface area contributed by atoms with Crippen molar-refractivity contribution < 1.29 is 38.2 Å². The average Bonchev–Trinajstić information content (AvgIpc) is 3.22. The fourth-order valence-electron chi connectivity index (χ4n) is 6.65.